The minimum atomic E-state index is -4.90. The van der Waals surface area contributed by atoms with Gasteiger partial charge in [-0.1, -0.05) is 0 Å². The van der Waals surface area contributed by atoms with Crippen LogP contribution >= 0.6 is 0 Å². The first-order valence-corrected chi connectivity index (χ1v) is 6.02. The van der Waals surface area contributed by atoms with Crippen molar-refractivity contribution in [3.05, 3.63) is 52.2 Å². The van der Waals surface area contributed by atoms with Crippen molar-refractivity contribution in [2.75, 3.05) is 0 Å². The monoisotopic (exact) mass is 303 g/mol. The third-order valence-corrected chi connectivity index (χ3v) is 3.22. The van der Waals surface area contributed by atoms with E-state index in [1.54, 1.807) is 0 Å². The molecule has 1 heterocycles. The summed E-state index contributed by atoms with van der Waals surface area (Å²) >= 11 is 0. The number of rotatable bonds is 1. The highest BCUT2D eigenvalue weighted by Gasteiger charge is 2.33. The Hall–Kier alpha value is -1.84. The highest BCUT2D eigenvalue weighted by atomic mass is 19.4. The summed E-state index contributed by atoms with van der Waals surface area (Å²) < 4.78 is 110. The van der Waals surface area contributed by atoms with Crippen molar-refractivity contribution < 1.29 is 30.1 Å². The Bertz CT molecular complexity index is 891. The maximum atomic E-state index is 13.4. The Morgan fingerprint density at radius 2 is 1.62 bits per heavy atom. The SMILES string of the molecule is [2H]C([2H])([2H])c1cc(-c2cc(C([2H])([2H])[2H])c(C(F)(F)F)cc2C)[n+](C)cc1C([2H])([2H])[2H]. The Morgan fingerprint density at radius 1 is 0.952 bits per heavy atom. The largest absolute Gasteiger partial charge is 0.416 e. The van der Waals surface area contributed by atoms with Gasteiger partial charge in [0.25, 0.3) is 0 Å². The molecule has 1 aromatic carbocycles. The lowest BCUT2D eigenvalue weighted by Gasteiger charge is -2.14. The topological polar surface area (TPSA) is 3.88 Å². The van der Waals surface area contributed by atoms with E-state index in [1.165, 1.54) is 18.5 Å². The number of hydrogen-bond donors (Lipinski definition) is 0. The summed E-state index contributed by atoms with van der Waals surface area (Å²) in [7, 11) is 1.40. The van der Waals surface area contributed by atoms with E-state index in [0.29, 0.717) is 6.07 Å². The fraction of sp³-hybridized carbons (Fsp3) is 0.353. The van der Waals surface area contributed by atoms with Gasteiger partial charge in [-0.15, -0.1) is 0 Å². The van der Waals surface area contributed by atoms with Crippen LogP contribution in [0.2, 0.25) is 0 Å². The zero-order valence-electron chi connectivity index (χ0n) is 20.4. The molecule has 0 radical (unpaired) electrons. The molecular weight excluding hydrogens is 275 g/mol. The Balaban J connectivity index is 2.91. The summed E-state index contributed by atoms with van der Waals surface area (Å²) in [6, 6.07) is 2.62. The Labute approximate surface area is 135 Å². The Kier molecular flexibility index (Phi) is 1.83. The van der Waals surface area contributed by atoms with E-state index in [-0.39, 0.29) is 16.8 Å². The molecule has 0 spiro atoms. The lowest BCUT2D eigenvalue weighted by Crippen LogP contribution is -2.31. The average Bonchev–Trinajstić information content (AvgIpc) is 2.50. The van der Waals surface area contributed by atoms with Crippen molar-refractivity contribution in [2.24, 2.45) is 7.05 Å². The normalized spacial score (nSPS) is 20.0. The number of benzene rings is 1. The van der Waals surface area contributed by atoms with Gasteiger partial charge < -0.3 is 0 Å². The summed E-state index contributed by atoms with van der Waals surface area (Å²) in [5.74, 6) is 0. The van der Waals surface area contributed by atoms with Crippen LogP contribution in [-0.2, 0) is 13.2 Å². The fourth-order valence-corrected chi connectivity index (χ4v) is 2.14. The minimum absolute atomic E-state index is 0.0548. The molecule has 2 aromatic rings. The summed E-state index contributed by atoms with van der Waals surface area (Å²) in [5.41, 5.74) is -2.94. The first kappa shape index (κ1) is 7.43. The van der Waals surface area contributed by atoms with Gasteiger partial charge in [-0.2, -0.15) is 13.2 Å². The van der Waals surface area contributed by atoms with Crippen LogP contribution in [-0.4, -0.2) is 0 Å². The van der Waals surface area contributed by atoms with Crippen LogP contribution in [0.15, 0.2) is 24.4 Å². The van der Waals surface area contributed by atoms with E-state index >= 15 is 0 Å². The third-order valence-electron chi connectivity index (χ3n) is 3.22. The number of nitrogens with zero attached hydrogens (tertiary/aromatic N) is 1. The van der Waals surface area contributed by atoms with Gasteiger partial charge in [0.2, 0.25) is 5.69 Å². The molecule has 0 amide bonds. The molecule has 0 fully saturated rings. The number of alkyl halides is 3. The molecule has 0 unspecified atom stereocenters. The molecule has 0 aliphatic carbocycles. The highest BCUT2D eigenvalue weighted by molar-refractivity contribution is 5.64. The Morgan fingerprint density at radius 3 is 2.19 bits per heavy atom. The molecule has 2 rings (SSSR count). The van der Waals surface area contributed by atoms with E-state index < -0.39 is 49.0 Å². The maximum Gasteiger partial charge on any atom is 0.416 e. The van der Waals surface area contributed by atoms with Crippen molar-refractivity contribution in [3.8, 4) is 11.3 Å². The van der Waals surface area contributed by atoms with Gasteiger partial charge in [0.1, 0.15) is 7.05 Å². The molecule has 0 aliphatic heterocycles. The summed E-state index contributed by atoms with van der Waals surface area (Å²) in [4.78, 5) is 0. The van der Waals surface area contributed by atoms with Crippen molar-refractivity contribution in [1.29, 1.82) is 0 Å². The predicted molar refractivity (Wildman–Crippen MR) is 77.0 cm³/mol. The number of hydrogen-bond acceptors (Lipinski definition) is 0. The van der Waals surface area contributed by atoms with Crippen molar-refractivity contribution >= 4 is 0 Å². The van der Waals surface area contributed by atoms with Gasteiger partial charge >= 0.3 is 6.18 Å². The number of aromatic nitrogens is 1. The number of halogens is 3. The molecule has 112 valence electrons. The van der Waals surface area contributed by atoms with Crippen LogP contribution in [0.1, 0.15) is 40.2 Å². The summed E-state index contributed by atoms with van der Waals surface area (Å²) in [6.07, 6.45) is -3.82. The van der Waals surface area contributed by atoms with Crippen LogP contribution < -0.4 is 4.57 Å². The smallest absolute Gasteiger partial charge is 0.201 e. The second kappa shape index (κ2) is 5.17. The van der Waals surface area contributed by atoms with Crippen LogP contribution in [0.3, 0.4) is 0 Å². The van der Waals surface area contributed by atoms with Crippen molar-refractivity contribution in [3.63, 3.8) is 0 Å². The molecule has 0 atom stereocenters. The van der Waals surface area contributed by atoms with E-state index in [9.17, 15) is 13.2 Å². The van der Waals surface area contributed by atoms with Crippen molar-refractivity contribution in [2.45, 2.75) is 33.7 Å². The predicted octanol–water partition coefficient (Wildman–Crippen LogP) is 4.43. The van der Waals surface area contributed by atoms with Gasteiger partial charge in [0, 0.05) is 29.5 Å². The van der Waals surface area contributed by atoms with Crippen molar-refractivity contribution in [1.82, 2.24) is 0 Å². The summed E-state index contributed by atoms with van der Waals surface area (Å²) in [5, 5.41) is 0. The van der Waals surface area contributed by atoms with E-state index in [1.807, 2.05) is 0 Å². The standard InChI is InChI=1S/C17H19F3N/c1-10-8-16(21(5)9-13(10)4)14-6-12(3)15(7-11(14)2)17(18,19)20/h6-9H,1-5H3/q+1/i1D3,3D3,4D3. The maximum absolute atomic E-state index is 13.4. The van der Waals surface area contributed by atoms with Gasteiger partial charge in [-0.25, -0.2) is 4.57 Å². The highest BCUT2D eigenvalue weighted by Crippen LogP contribution is 2.35. The van der Waals surface area contributed by atoms with Gasteiger partial charge in [-0.3, -0.25) is 0 Å². The second-order valence-corrected chi connectivity index (χ2v) is 4.81. The molecule has 4 heteroatoms. The minimum Gasteiger partial charge on any atom is -0.201 e. The van der Waals surface area contributed by atoms with Crippen LogP contribution in [0.4, 0.5) is 13.2 Å². The number of aryl methyl sites for hydroxylation is 5. The molecule has 0 bridgehead atoms. The van der Waals surface area contributed by atoms with Gasteiger partial charge in [0.15, 0.2) is 6.20 Å². The molecule has 0 aliphatic rings. The molecule has 0 saturated heterocycles. The molecule has 0 saturated carbocycles. The molecular formula is C17H19F3N+. The third kappa shape index (κ3) is 2.94. The first-order valence-electron chi connectivity index (χ1n) is 10.5. The second-order valence-electron chi connectivity index (χ2n) is 4.81. The summed E-state index contributed by atoms with van der Waals surface area (Å²) in [6.45, 7) is -7.28. The molecule has 1 nitrogen and oxygen atoms in total. The fourth-order valence-electron chi connectivity index (χ4n) is 2.14. The van der Waals surface area contributed by atoms with E-state index in [0.717, 1.165) is 18.3 Å². The van der Waals surface area contributed by atoms with Crippen LogP contribution in [0, 0.1) is 27.5 Å². The van der Waals surface area contributed by atoms with E-state index in [4.69, 9.17) is 12.3 Å². The lowest BCUT2D eigenvalue weighted by molar-refractivity contribution is -0.660. The van der Waals surface area contributed by atoms with Gasteiger partial charge in [0.05, 0.1) is 5.56 Å². The number of pyridine rings is 1. The molecule has 1 aromatic heterocycles. The molecule has 0 N–H and O–H groups in total. The van der Waals surface area contributed by atoms with Gasteiger partial charge in [-0.05, 0) is 56.3 Å². The molecule has 21 heavy (non-hydrogen) atoms. The lowest BCUT2D eigenvalue weighted by atomic mass is 9.96. The average molecular weight is 303 g/mol. The van der Waals surface area contributed by atoms with Crippen LogP contribution in [0.5, 0.6) is 0 Å². The van der Waals surface area contributed by atoms with Crippen LogP contribution in [0.25, 0.3) is 11.3 Å². The zero-order valence-corrected chi connectivity index (χ0v) is 11.4. The zero-order chi connectivity index (χ0) is 23.4. The quantitative estimate of drug-likeness (QED) is 0.686. The van der Waals surface area contributed by atoms with E-state index in [2.05, 4.69) is 0 Å². The first-order chi connectivity index (χ1) is 13.2.